The van der Waals surface area contributed by atoms with Crippen LogP contribution < -0.4 is 0 Å². The third-order valence-electron chi connectivity index (χ3n) is 10.6. The van der Waals surface area contributed by atoms with Gasteiger partial charge in [-0.1, -0.05) is 133 Å². The molecule has 0 radical (unpaired) electrons. The van der Waals surface area contributed by atoms with Gasteiger partial charge < -0.3 is 13.7 Å². The molecule has 0 N–H and O–H groups in total. The summed E-state index contributed by atoms with van der Waals surface area (Å²) in [6.07, 6.45) is 0. The van der Waals surface area contributed by atoms with Gasteiger partial charge in [-0.15, -0.1) is 0 Å². The molecule has 0 saturated carbocycles. The summed E-state index contributed by atoms with van der Waals surface area (Å²) in [5, 5.41) is 7.47. The number of aromatic nitrogens is 3. The van der Waals surface area contributed by atoms with E-state index in [1.54, 1.807) is 0 Å². The van der Waals surface area contributed by atoms with E-state index < -0.39 is 0 Å². The van der Waals surface area contributed by atoms with Crippen molar-refractivity contribution >= 4 is 65.4 Å². The van der Waals surface area contributed by atoms with Crippen molar-refractivity contribution in [2.45, 2.75) is 0 Å². The Kier molecular flexibility index (Phi) is 5.96. The molecule has 0 atom stereocenters. The quantitative estimate of drug-likeness (QED) is 0.180. The zero-order valence-corrected chi connectivity index (χ0v) is 27.7. The molecule has 3 heteroatoms. The van der Waals surface area contributed by atoms with E-state index >= 15 is 0 Å². The first kappa shape index (κ1) is 28.0. The van der Waals surface area contributed by atoms with Gasteiger partial charge in [0.25, 0.3) is 0 Å². The van der Waals surface area contributed by atoms with Gasteiger partial charge in [-0.3, -0.25) is 0 Å². The molecule has 0 bridgehead atoms. The molecule has 0 aliphatic carbocycles. The molecule has 0 unspecified atom stereocenters. The first-order chi connectivity index (χ1) is 25.3. The summed E-state index contributed by atoms with van der Waals surface area (Å²) in [5.74, 6) is 0. The van der Waals surface area contributed by atoms with Gasteiger partial charge >= 0.3 is 0 Å². The number of hydrogen-bond donors (Lipinski definition) is 0. The minimum Gasteiger partial charge on any atom is -0.309 e. The van der Waals surface area contributed by atoms with Crippen molar-refractivity contribution in [3.05, 3.63) is 188 Å². The van der Waals surface area contributed by atoms with Crippen LogP contribution in [0.5, 0.6) is 0 Å². The lowest BCUT2D eigenvalue weighted by Gasteiger charge is -2.14. The highest BCUT2D eigenvalue weighted by Gasteiger charge is 2.22. The molecule has 238 valence electrons. The average Bonchev–Trinajstić information content (AvgIpc) is 3.84. The maximum absolute atomic E-state index is 2.50. The standard InChI is InChI=1S/C48H31N3/c1-3-14-32(15-4-1)33-16-13-19-35(30-33)50-44-24-11-8-21-38(44)41-28-29-42-39-22-9-12-25-45(39)51(48(42)47(41)50)36-26-27-40-37-20-7-10-23-43(37)49(46(40)31-36)34-17-5-2-6-18-34/h1-31H. The van der Waals surface area contributed by atoms with Crippen LogP contribution in [0.25, 0.3) is 93.6 Å². The van der Waals surface area contributed by atoms with Crippen LogP contribution in [0.2, 0.25) is 0 Å². The highest BCUT2D eigenvalue weighted by atomic mass is 15.1. The molecular formula is C48H31N3. The van der Waals surface area contributed by atoms with E-state index in [0.29, 0.717) is 0 Å². The fourth-order valence-electron chi connectivity index (χ4n) is 8.45. The lowest BCUT2D eigenvalue weighted by Crippen LogP contribution is -2.00. The molecule has 0 spiro atoms. The SMILES string of the molecule is c1ccc(-c2cccc(-n3c4ccccc4c4ccc5c6ccccc6n(-c6ccc7c8ccccc8n(-c8ccccc8)c7c6)c5c43)c2)cc1. The Morgan fingerprint density at radius 1 is 0.235 bits per heavy atom. The second-order valence-electron chi connectivity index (χ2n) is 13.4. The smallest absolute Gasteiger partial charge is 0.0788 e. The predicted molar refractivity (Wildman–Crippen MR) is 215 cm³/mol. The van der Waals surface area contributed by atoms with Gasteiger partial charge in [-0.2, -0.15) is 0 Å². The molecule has 3 nitrogen and oxygen atoms in total. The second kappa shape index (κ2) is 10.8. The van der Waals surface area contributed by atoms with Crippen LogP contribution in [0.15, 0.2) is 188 Å². The highest BCUT2D eigenvalue weighted by Crippen LogP contribution is 2.43. The summed E-state index contributed by atoms with van der Waals surface area (Å²) in [4.78, 5) is 0. The number of nitrogens with zero attached hydrogens (tertiary/aromatic N) is 3. The summed E-state index contributed by atoms with van der Waals surface area (Å²) in [6, 6.07) is 68.4. The van der Waals surface area contributed by atoms with Gasteiger partial charge in [0, 0.05) is 49.4 Å². The monoisotopic (exact) mass is 649 g/mol. The number of fused-ring (bicyclic) bond motifs is 10. The molecule has 8 aromatic carbocycles. The van der Waals surface area contributed by atoms with E-state index in [1.807, 2.05) is 0 Å². The summed E-state index contributed by atoms with van der Waals surface area (Å²) in [5.41, 5.74) is 13.0. The summed E-state index contributed by atoms with van der Waals surface area (Å²) >= 11 is 0. The molecular weight excluding hydrogens is 619 g/mol. The molecule has 11 aromatic rings. The molecule has 0 aliphatic heterocycles. The molecule has 3 aromatic heterocycles. The van der Waals surface area contributed by atoms with E-state index in [4.69, 9.17) is 0 Å². The van der Waals surface area contributed by atoms with Gasteiger partial charge in [0.2, 0.25) is 0 Å². The molecule has 0 fully saturated rings. The summed E-state index contributed by atoms with van der Waals surface area (Å²) in [6.45, 7) is 0. The van der Waals surface area contributed by atoms with Crippen LogP contribution in [-0.4, -0.2) is 13.7 Å². The fraction of sp³-hybridized carbons (Fsp3) is 0. The number of hydrogen-bond acceptors (Lipinski definition) is 0. The average molecular weight is 650 g/mol. The zero-order valence-electron chi connectivity index (χ0n) is 27.7. The lowest BCUT2D eigenvalue weighted by molar-refractivity contribution is 1.14. The summed E-state index contributed by atoms with van der Waals surface area (Å²) < 4.78 is 7.38. The van der Waals surface area contributed by atoms with Crippen LogP contribution in [-0.2, 0) is 0 Å². The van der Waals surface area contributed by atoms with Crippen molar-refractivity contribution in [3.63, 3.8) is 0 Å². The predicted octanol–water partition coefficient (Wildman–Crippen LogP) is 12.6. The van der Waals surface area contributed by atoms with E-state index in [0.717, 1.165) is 17.1 Å². The van der Waals surface area contributed by atoms with E-state index in [1.165, 1.54) is 76.5 Å². The largest absolute Gasteiger partial charge is 0.309 e. The van der Waals surface area contributed by atoms with Crippen LogP contribution in [0.1, 0.15) is 0 Å². The Hall–Kier alpha value is -6.84. The number of benzene rings is 8. The van der Waals surface area contributed by atoms with E-state index in [9.17, 15) is 0 Å². The van der Waals surface area contributed by atoms with Gasteiger partial charge in [-0.25, -0.2) is 0 Å². The number of rotatable bonds is 4. The first-order valence-corrected chi connectivity index (χ1v) is 17.5. The first-order valence-electron chi connectivity index (χ1n) is 17.5. The Balaban J connectivity index is 1.28. The van der Waals surface area contributed by atoms with Crippen molar-refractivity contribution < 1.29 is 0 Å². The fourth-order valence-corrected chi connectivity index (χ4v) is 8.45. The maximum Gasteiger partial charge on any atom is 0.0788 e. The molecule has 3 heterocycles. The van der Waals surface area contributed by atoms with Crippen molar-refractivity contribution in [1.29, 1.82) is 0 Å². The van der Waals surface area contributed by atoms with Gasteiger partial charge in [0.05, 0.1) is 33.1 Å². The molecule has 0 aliphatic rings. The van der Waals surface area contributed by atoms with Crippen molar-refractivity contribution in [3.8, 4) is 28.2 Å². The van der Waals surface area contributed by atoms with Gasteiger partial charge in [0.1, 0.15) is 0 Å². The third-order valence-corrected chi connectivity index (χ3v) is 10.6. The summed E-state index contributed by atoms with van der Waals surface area (Å²) in [7, 11) is 0. The normalized spacial score (nSPS) is 11.9. The van der Waals surface area contributed by atoms with Gasteiger partial charge in [-0.05, 0) is 65.7 Å². The maximum atomic E-state index is 2.50. The second-order valence-corrected chi connectivity index (χ2v) is 13.4. The lowest BCUT2D eigenvalue weighted by atomic mass is 10.1. The topological polar surface area (TPSA) is 14.8 Å². The van der Waals surface area contributed by atoms with Crippen LogP contribution in [0.3, 0.4) is 0 Å². The third kappa shape index (κ3) is 4.06. The van der Waals surface area contributed by atoms with E-state index in [-0.39, 0.29) is 0 Å². The Morgan fingerprint density at radius 2 is 0.667 bits per heavy atom. The molecule has 11 rings (SSSR count). The Morgan fingerprint density at radius 3 is 1.29 bits per heavy atom. The minimum absolute atomic E-state index is 1.14. The zero-order chi connectivity index (χ0) is 33.5. The van der Waals surface area contributed by atoms with Crippen LogP contribution in [0.4, 0.5) is 0 Å². The van der Waals surface area contributed by atoms with Crippen molar-refractivity contribution in [1.82, 2.24) is 13.7 Å². The van der Waals surface area contributed by atoms with Crippen LogP contribution in [0, 0.1) is 0 Å². The Labute approximate surface area is 294 Å². The minimum atomic E-state index is 1.14. The van der Waals surface area contributed by atoms with E-state index in [2.05, 4.69) is 202 Å². The van der Waals surface area contributed by atoms with Crippen molar-refractivity contribution in [2.75, 3.05) is 0 Å². The van der Waals surface area contributed by atoms with Gasteiger partial charge in [0.15, 0.2) is 0 Å². The van der Waals surface area contributed by atoms with Crippen LogP contribution >= 0.6 is 0 Å². The molecule has 0 amide bonds. The number of para-hydroxylation sites is 4. The van der Waals surface area contributed by atoms with Crippen molar-refractivity contribution in [2.24, 2.45) is 0 Å². The Bertz CT molecular complexity index is 3120. The highest BCUT2D eigenvalue weighted by molar-refractivity contribution is 6.24. The molecule has 51 heavy (non-hydrogen) atoms. The molecule has 0 saturated heterocycles.